The lowest BCUT2D eigenvalue weighted by Crippen LogP contribution is -2.36. The maximum Gasteiger partial charge on any atom is 0.317 e. The number of rotatable bonds is 9. The van der Waals surface area contributed by atoms with Gasteiger partial charge >= 0.3 is 5.16 Å². The fourth-order valence-electron chi connectivity index (χ4n) is 3.49. The Bertz CT molecular complexity index is 1360. The maximum absolute atomic E-state index is 12.5. The van der Waals surface area contributed by atoms with Gasteiger partial charge in [0.2, 0.25) is 0 Å². The SMILES string of the molecule is COc1cc(/C=N/NC(=O)CSc2[nH]c3ccccc3[n+]2Cc2ccccc2Cl)cc(OC)c1[O-]. The number of H-pyrrole nitrogens is 1. The molecule has 0 fully saturated rings. The first-order chi connectivity index (χ1) is 17.0. The summed E-state index contributed by atoms with van der Waals surface area (Å²) in [5.74, 6) is -0.229. The van der Waals surface area contributed by atoms with Crippen LogP contribution in [0.3, 0.4) is 0 Å². The fraction of sp³-hybridized carbons (Fsp3) is 0.160. The number of carbonyl (C=O) groups excluding carboxylic acids is 1. The van der Waals surface area contributed by atoms with Gasteiger partial charge in [-0.1, -0.05) is 41.9 Å². The number of nitrogens with zero attached hydrogens (tertiary/aromatic N) is 2. The van der Waals surface area contributed by atoms with Crippen LogP contribution in [0.25, 0.3) is 11.0 Å². The van der Waals surface area contributed by atoms with E-state index in [1.54, 1.807) is 0 Å². The van der Waals surface area contributed by atoms with Crippen molar-refractivity contribution in [2.24, 2.45) is 5.10 Å². The molecule has 180 valence electrons. The smallest absolute Gasteiger partial charge is 0.317 e. The molecule has 1 amide bonds. The molecule has 0 unspecified atom stereocenters. The number of imidazole rings is 1. The molecule has 2 N–H and O–H groups in total. The third-order valence-electron chi connectivity index (χ3n) is 5.19. The average molecular weight is 511 g/mol. The van der Waals surface area contributed by atoms with Crippen LogP contribution in [0, 0.1) is 0 Å². The van der Waals surface area contributed by atoms with E-state index in [0.717, 1.165) is 21.8 Å². The van der Waals surface area contributed by atoms with E-state index in [1.165, 1.54) is 44.3 Å². The van der Waals surface area contributed by atoms with Crippen LogP contribution >= 0.6 is 23.4 Å². The van der Waals surface area contributed by atoms with Gasteiger partial charge in [-0.2, -0.15) is 5.10 Å². The highest BCUT2D eigenvalue weighted by molar-refractivity contribution is 7.99. The molecule has 0 atom stereocenters. The number of nitrogens with one attached hydrogen (secondary N) is 2. The van der Waals surface area contributed by atoms with Gasteiger partial charge in [0.1, 0.15) is 18.0 Å². The van der Waals surface area contributed by atoms with Crippen LogP contribution in [0.2, 0.25) is 5.02 Å². The Hall–Kier alpha value is -3.69. The zero-order chi connectivity index (χ0) is 24.8. The number of carbonyl (C=O) groups is 1. The Labute approximate surface area is 211 Å². The molecule has 35 heavy (non-hydrogen) atoms. The number of aromatic nitrogens is 2. The third kappa shape index (κ3) is 5.70. The normalized spacial score (nSPS) is 11.2. The van der Waals surface area contributed by atoms with Crippen LogP contribution in [0.15, 0.2) is 70.9 Å². The van der Waals surface area contributed by atoms with Crippen LogP contribution in [-0.4, -0.2) is 37.1 Å². The van der Waals surface area contributed by atoms with Crippen molar-refractivity contribution in [3.8, 4) is 17.2 Å². The highest BCUT2D eigenvalue weighted by atomic mass is 35.5. The lowest BCUT2D eigenvalue weighted by molar-refractivity contribution is -0.700. The van der Waals surface area contributed by atoms with Crippen molar-refractivity contribution in [3.05, 3.63) is 76.8 Å². The van der Waals surface area contributed by atoms with Gasteiger partial charge < -0.3 is 14.6 Å². The number of aromatic amines is 1. The molecule has 4 rings (SSSR count). The van der Waals surface area contributed by atoms with E-state index >= 15 is 0 Å². The quantitative estimate of drug-likeness (QED) is 0.155. The van der Waals surface area contributed by atoms with Crippen LogP contribution < -0.4 is 24.6 Å². The van der Waals surface area contributed by atoms with Crippen molar-refractivity contribution in [2.45, 2.75) is 11.7 Å². The predicted molar refractivity (Wildman–Crippen MR) is 135 cm³/mol. The second-order valence-electron chi connectivity index (χ2n) is 7.46. The van der Waals surface area contributed by atoms with Gasteiger partial charge in [-0.05, 0) is 47.8 Å². The van der Waals surface area contributed by atoms with E-state index in [-0.39, 0.29) is 28.9 Å². The largest absolute Gasteiger partial charge is 0.867 e. The summed E-state index contributed by atoms with van der Waals surface area (Å²) in [6, 6.07) is 18.7. The van der Waals surface area contributed by atoms with Gasteiger partial charge in [0, 0.05) is 16.1 Å². The number of amides is 1. The first kappa shape index (κ1) is 24.4. The fourth-order valence-corrected chi connectivity index (χ4v) is 4.52. The summed E-state index contributed by atoms with van der Waals surface area (Å²) in [5, 5.41) is 17.5. The van der Waals surface area contributed by atoms with E-state index in [0.29, 0.717) is 17.1 Å². The second kappa shape index (κ2) is 11.2. The number of hydrazone groups is 1. The van der Waals surface area contributed by atoms with E-state index < -0.39 is 0 Å². The summed E-state index contributed by atoms with van der Waals surface area (Å²) >= 11 is 7.75. The molecule has 0 spiro atoms. The Kier molecular flexibility index (Phi) is 7.79. The Morgan fingerprint density at radius 2 is 1.83 bits per heavy atom. The molecule has 0 bridgehead atoms. The molecule has 0 aliphatic rings. The Morgan fingerprint density at radius 3 is 2.54 bits per heavy atom. The van der Waals surface area contributed by atoms with Gasteiger partial charge in [-0.15, -0.1) is 0 Å². The standard InChI is InChI=1S/C25H23ClN4O4S/c1-33-21-11-16(12-22(34-2)24(21)32)13-27-29-23(31)15-35-25-28-19-9-5-6-10-20(19)30(25)14-17-7-3-4-8-18(17)26/h3-13H,14-15H2,1-2H3,(H2,27,29,31,32). The minimum Gasteiger partial charge on any atom is -0.867 e. The van der Waals surface area contributed by atoms with Gasteiger partial charge in [0.15, 0.2) is 11.0 Å². The Morgan fingerprint density at radius 1 is 1.14 bits per heavy atom. The van der Waals surface area contributed by atoms with Crippen molar-refractivity contribution in [3.63, 3.8) is 0 Å². The molecule has 1 aromatic heterocycles. The summed E-state index contributed by atoms with van der Waals surface area (Å²) in [6.07, 6.45) is 1.42. The number of para-hydroxylation sites is 2. The highest BCUT2D eigenvalue weighted by Crippen LogP contribution is 2.34. The molecule has 0 aliphatic heterocycles. The third-order valence-corrected chi connectivity index (χ3v) is 6.56. The lowest BCUT2D eigenvalue weighted by atomic mass is 10.2. The molecule has 1 heterocycles. The second-order valence-corrected chi connectivity index (χ2v) is 8.83. The van der Waals surface area contributed by atoms with Gasteiger partial charge in [-0.3, -0.25) is 4.79 Å². The van der Waals surface area contributed by atoms with E-state index in [2.05, 4.69) is 20.1 Å². The first-order valence-corrected chi connectivity index (χ1v) is 12.0. The number of halogens is 1. The molecule has 0 aliphatic carbocycles. The number of thioether (sulfide) groups is 1. The minimum absolute atomic E-state index is 0.134. The van der Waals surface area contributed by atoms with Crippen LogP contribution in [0.4, 0.5) is 0 Å². The van der Waals surface area contributed by atoms with E-state index in [9.17, 15) is 9.90 Å². The first-order valence-electron chi connectivity index (χ1n) is 10.6. The lowest BCUT2D eigenvalue weighted by Gasteiger charge is -2.17. The van der Waals surface area contributed by atoms with Gasteiger partial charge in [-0.25, -0.2) is 15.0 Å². The summed E-state index contributed by atoms with van der Waals surface area (Å²) in [5.41, 5.74) is 6.02. The monoisotopic (exact) mass is 510 g/mol. The molecule has 0 radical (unpaired) electrons. The number of fused-ring (bicyclic) bond motifs is 1. The minimum atomic E-state index is -0.351. The predicted octanol–water partition coefficient (Wildman–Crippen LogP) is 3.49. The van der Waals surface area contributed by atoms with Gasteiger partial charge in [0.25, 0.3) is 5.91 Å². The van der Waals surface area contributed by atoms with Gasteiger partial charge in [0.05, 0.1) is 26.2 Å². The molecule has 0 saturated heterocycles. The maximum atomic E-state index is 12.5. The summed E-state index contributed by atoms with van der Waals surface area (Å²) in [6.45, 7) is 0.561. The average Bonchev–Trinajstić information content (AvgIpc) is 3.22. The summed E-state index contributed by atoms with van der Waals surface area (Å²) < 4.78 is 12.2. The van der Waals surface area contributed by atoms with E-state index in [4.69, 9.17) is 21.1 Å². The molecule has 10 heteroatoms. The van der Waals surface area contributed by atoms with Crippen molar-refractivity contribution in [2.75, 3.05) is 20.0 Å². The van der Waals surface area contributed by atoms with Crippen molar-refractivity contribution in [1.82, 2.24) is 10.4 Å². The number of ether oxygens (including phenoxy) is 2. The zero-order valence-electron chi connectivity index (χ0n) is 19.1. The molecule has 3 aromatic carbocycles. The summed E-state index contributed by atoms with van der Waals surface area (Å²) in [7, 11) is 2.80. The molecule has 8 nitrogen and oxygen atoms in total. The topological polar surface area (TPSA) is 103 Å². The number of benzene rings is 3. The highest BCUT2D eigenvalue weighted by Gasteiger charge is 2.21. The van der Waals surface area contributed by atoms with Crippen LogP contribution in [-0.2, 0) is 11.3 Å². The van der Waals surface area contributed by atoms with E-state index in [1.807, 2.05) is 48.5 Å². The van der Waals surface area contributed by atoms with Crippen LogP contribution in [0.1, 0.15) is 11.1 Å². The van der Waals surface area contributed by atoms with Crippen molar-refractivity contribution >= 4 is 46.5 Å². The van der Waals surface area contributed by atoms with Crippen LogP contribution in [0.5, 0.6) is 17.2 Å². The molecule has 4 aromatic rings. The van der Waals surface area contributed by atoms with Crippen molar-refractivity contribution < 1.29 is 23.9 Å². The molecular formula is C25H23ClN4O4S. The summed E-state index contributed by atoms with van der Waals surface area (Å²) in [4.78, 5) is 15.8. The van der Waals surface area contributed by atoms with Crippen molar-refractivity contribution in [1.29, 1.82) is 0 Å². The molecular weight excluding hydrogens is 488 g/mol. The Balaban J connectivity index is 1.45. The number of hydrogen-bond acceptors (Lipinski definition) is 6. The number of methoxy groups -OCH3 is 2. The zero-order valence-corrected chi connectivity index (χ0v) is 20.7. The molecule has 0 saturated carbocycles. The number of hydrogen-bond donors (Lipinski definition) is 2.